The molecule has 0 aliphatic heterocycles. The predicted molar refractivity (Wildman–Crippen MR) is 241 cm³/mol. The molecule has 0 N–H and O–H groups in total. The quantitative estimate of drug-likeness (QED) is 0.165. The van der Waals surface area contributed by atoms with E-state index in [1.807, 2.05) is 0 Å². The molecule has 0 bridgehead atoms. The van der Waals surface area contributed by atoms with Gasteiger partial charge in [0.15, 0.2) is 0 Å². The monoisotopic (exact) mass is 728 g/mol. The molecule has 0 atom stereocenters. The highest BCUT2D eigenvalue weighted by Crippen LogP contribution is 2.53. The number of benzene rings is 9. The molecule has 57 heavy (non-hydrogen) atoms. The molecule has 1 aliphatic carbocycles. The molecule has 10 aromatic rings. The molecule has 0 spiro atoms. The number of aromatic nitrogens is 1. The summed E-state index contributed by atoms with van der Waals surface area (Å²) in [6.45, 7) is 4.74. The van der Waals surface area contributed by atoms with Crippen LogP contribution in [0.4, 0.5) is 17.1 Å². The van der Waals surface area contributed by atoms with E-state index in [4.69, 9.17) is 0 Å². The number of hydrogen-bond acceptors (Lipinski definition) is 1. The second-order valence-electron chi connectivity index (χ2n) is 15.7. The summed E-state index contributed by atoms with van der Waals surface area (Å²) in [4.78, 5) is 2.51. The summed E-state index contributed by atoms with van der Waals surface area (Å²) in [5, 5.41) is 4.86. The van der Waals surface area contributed by atoms with Gasteiger partial charge in [0.2, 0.25) is 0 Å². The molecule has 2 nitrogen and oxygen atoms in total. The van der Waals surface area contributed by atoms with Gasteiger partial charge in [0.25, 0.3) is 0 Å². The first kappa shape index (κ1) is 33.2. The number of hydrogen-bond donors (Lipinski definition) is 0. The third-order valence-corrected chi connectivity index (χ3v) is 12.2. The van der Waals surface area contributed by atoms with E-state index in [-0.39, 0.29) is 5.41 Å². The van der Waals surface area contributed by atoms with Crippen LogP contribution in [-0.4, -0.2) is 4.57 Å². The van der Waals surface area contributed by atoms with Crippen LogP contribution in [0.3, 0.4) is 0 Å². The van der Waals surface area contributed by atoms with Crippen molar-refractivity contribution < 1.29 is 0 Å². The van der Waals surface area contributed by atoms with Gasteiger partial charge < -0.3 is 9.47 Å². The van der Waals surface area contributed by atoms with Crippen molar-refractivity contribution >= 4 is 49.6 Å². The average molecular weight is 729 g/mol. The van der Waals surface area contributed by atoms with Crippen molar-refractivity contribution in [2.75, 3.05) is 4.90 Å². The van der Waals surface area contributed by atoms with Crippen molar-refractivity contribution in [3.05, 3.63) is 217 Å². The van der Waals surface area contributed by atoms with Gasteiger partial charge in [-0.2, -0.15) is 0 Å². The van der Waals surface area contributed by atoms with Crippen LogP contribution in [0.15, 0.2) is 206 Å². The number of nitrogens with zero attached hydrogens (tertiary/aromatic N) is 2. The maximum atomic E-state index is 2.51. The van der Waals surface area contributed by atoms with Gasteiger partial charge in [0, 0.05) is 44.2 Å². The highest BCUT2D eigenvalue weighted by molar-refractivity contribution is 6.26. The van der Waals surface area contributed by atoms with E-state index < -0.39 is 0 Å². The Kier molecular flexibility index (Phi) is 7.55. The normalized spacial score (nSPS) is 12.9. The Bertz CT molecular complexity index is 3120. The third-order valence-electron chi connectivity index (χ3n) is 12.2. The maximum Gasteiger partial charge on any atom is 0.0640 e. The third kappa shape index (κ3) is 5.18. The fraction of sp³-hybridized carbons (Fsp3) is 0.0545. The lowest BCUT2D eigenvalue weighted by molar-refractivity contribution is 0.660. The topological polar surface area (TPSA) is 8.17 Å². The van der Waals surface area contributed by atoms with Gasteiger partial charge in [-0.3, -0.25) is 0 Å². The molecule has 0 fully saturated rings. The minimum Gasteiger partial charge on any atom is -0.310 e. The predicted octanol–water partition coefficient (Wildman–Crippen LogP) is 15.0. The second-order valence-corrected chi connectivity index (χ2v) is 15.7. The number of para-hydroxylation sites is 2. The molecular weight excluding hydrogens is 689 g/mol. The fourth-order valence-corrected chi connectivity index (χ4v) is 9.46. The largest absolute Gasteiger partial charge is 0.310 e. The lowest BCUT2D eigenvalue weighted by atomic mass is 9.82. The first-order valence-electron chi connectivity index (χ1n) is 19.9. The van der Waals surface area contributed by atoms with Gasteiger partial charge in [0.05, 0.1) is 16.7 Å². The van der Waals surface area contributed by atoms with Crippen LogP contribution in [-0.2, 0) is 5.41 Å². The molecule has 2 heteroatoms. The summed E-state index contributed by atoms with van der Waals surface area (Å²) in [6, 6.07) is 75.7. The molecule has 1 aliphatic rings. The summed E-state index contributed by atoms with van der Waals surface area (Å²) >= 11 is 0. The Morgan fingerprint density at radius 1 is 0.404 bits per heavy atom. The Morgan fingerprint density at radius 3 is 1.75 bits per heavy atom. The summed E-state index contributed by atoms with van der Waals surface area (Å²) in [6.07, 6.45) is 0. The average Bonchev–Trinajstić information content (AvgIpc) is 3.74. The number of rotatable bonds is 6. The van der Waals surface area contributed by atoms with Crippen LogP contribution in [0.1, 0.15) is 25.0 Å². The highest BCUT2D eigenvalue weighted by atomic mass is 15.1. The molecule has 1 heterocycles. The molecule has 0 unspecified atom stereocenters. The van der Waals surface area contributed by atoms with Crippen molar-refractivity contribution in [3.63, 3.8) is 0 Å². The van der Waals surface area contributed by atoms with Gasteiger partial charge in [-0.05, 0) is 86.8 Å². The summed E-state index contributed by atoms with van der Waals surface area (Å²) < 4.78 is 2.51. The summed E-state index contributed by atoms with van der Waals surface area (Å²) in [5.41, 5.74) is 17.0. The molecule has 1 aromatic heterocycles. The molecule has 0 saturated heterocycles. The Morgan fingerprint density at radius 2 is 0.982 bits per heavy atom. The van der Waals surface area contributed by atoms with Gasteiger partial charge in [-0.25, -0.2) is 0 Å². The molecule has 0 amide bonds. The lowest BCUT2D eigenvalue weighted by Gasteiger charge is -2.29. The van der Waals surface area contributed by atoms with Crippen molar-refractivity contribution in [1.82, 2.24) is 4.57 Å². The van der Waals surface area contributed by atoms with Crippen LogP contribution in [0, 0.1) is 0 Å². The fourth-order valence-electron chi connectivity index (χ4n) is 9.46. The van der Waals surface area contributed by atoms with Crippen LogP contribution in [0.2, 0.25) is 0 Å². The SMILES string of the molecule is CC1(C)c2ccccc2-c2ccc(N(c3ccc(-c4ccccc4)cc3)c3cc4ccccc4c4c3c3cccc(-c5ccccc5)c3n4-c3ccccc3)cc21. The van der Waals surface area contributed by atoms with Crippen molar-refractivity contribution in [1.29, 1.82) is 0 Å². The van der Waals surface area contributed by atoms with Crippen LogP contribution in [0.25, 0.3) is 71.6 Å². The second kappa shape index (κ2) is 13.0. The zero-order valence-corrected chi connectivity index (χ0v) is 32.0. The van der Waals surface area contributed by atoms with Crippen molar-refractivity contribution in [2.45, 2.75) is 19.3 Å². The molecule has 270 valence electrons. The van der Waals surface area contributed by atoms with Crippen molar-refractivity contribution in [3.8, 4) is 39.1 Å². The molecule has 9 aromatic carbocycles. The minimum absolute atomic E-state index is 0.141. The molecule has 11 rings (SSSR count). The first-order valence-corrected chi connectivity index (χ1v) is 19.9. The maximum absolute atomic E-state index is 2.51. The van der Waals surface area contributed by atoms with E-state index in [9.17, 15) is 0 Å². The van der Waals surface area contributed by atoms with Crippen LogP contribution in [0.5, 0.6) is 0 Å². The van der Waals surface area contributed by atoms with Gasteiger partial charge >= 0.3 is 0 Å². The molecule has 0 radical (unpaired) electrons. The van der Waals surface area contributed by atoms with Crippen molar-refractivity contribution in [2.24, 2.45) is 0 Å². The van der Waals surface area contributed by atoms with E-state index in [2.05, 4.69) is 230 Å². The first-order chi connectivity index (χ1) is 28.1. The van der Waals surface area contributed by atoms with E-state index in [1.54, 1.807) is 0 Å². The number of fused-ring (bicyclic) bond motifs is 8. The Labute approximate surface area is 333 Å². The number of anilines is 3. The van der Waals surface area contributed by atoms with Gasteiger partial charge in [-0.15, -0.1) is 0 Å². The van der Waals surface area contributed by atoms with Gasteiger partial charge in [-0.1, -0.05) is 178 Å². The summed E-state index contributed by atoms with van der Waals surface area (Å²) in [7, 11) is 0. The Balaban J connectivity index is 1.26. The van der Waals surface area contributed by atoms with E-state index in [0.717, 1.165) is 22.7 Å². The minimum atomic E-state index is -0.141. The zero-order valence-electron chi connectivity index (χ0n) is 32.0. The van der Waals surface area contributed by atoms with E-state index >= 15 is 0 Å². The lowest BCUT2D eigenvalue weighted by Crippen LogP contribution is -2.16. The van der Waals surface area contributed by atoms with E-state index in [0.29, 0.717) is 0 Å². The molecule has 0 saturated carbocycles. The Hall–Kier alpha value is -7.16. The van der Waals surface area contributed by atoms with Gasteiger partial charge in [0.1, 0.15) is 0 Å². The standard InChI is InChI=1S/C55H40N2/c1-55(2)49-28-15-14-25-46(49)47-34-33-43(36-50(47)55)56(42-31-29-38(30-32-42)37-17-6-3-7-18-37)51-35-40-21-12-13-24-45(40)54-52(51)48-27-16-26-44(39-19-8-4-9-20-39)53(48)57(54)41-22-10-5-11-23-41/h3-36H,1-2H3. The molecular formula is C55H40N2. The highest BCUT2D eigenvalue weighted by Gasteiger charge is 2.36. The zero-order chi connectivity index (χ0) is 38.1. The summed E-state index contributed by atoms with van der Waals surface area (Å²) in [5.74, 6) is 0. The van der Waals surface area contributed by atoms with E-state index in [1.165, 1.54) is 77.1 Å². The van der Waals surface area contributed by atoms with Crippen LogP contribution < -0.4 is 4.90 Å². The van der Waals surface area contributed by atoms with Crippen LogP contribution >= 0.6 is 0 Å². The smallest absolute Gasteiger partial charge is 0.0640 e.